The summed E-state index contributed by atoms with van der Waals surface area (Å²) in [5, 5.41) is 11.8. The van der Waals surface area contributed by atoms with E-state index in [4.69, 9.17) is 45.1 Å². The fourth-order valence-corrected chi connectivity index (χ4v) is 2.22. The smallest absolute Gasteiger partial charge is 0.275 e. The molecule has 0 amide bonds. The van der Waals surface area contributed by atoms with Gasteiger partial charge in [-0.05, 0) is 18.2 Å². The van der Waals surface area contributed by atoms with Gasteiger partial charge in [0.15, 0.2) is 5.96 Å². The summed E-state index contributed by atoms with van der Waals surface area (Å²) in [4.78, 5) is 17.9. The molecule has 130 valence electrons. The lowest BCUT2D eigenvalue weighted by molar-refractivity contribution is -0.384. The van der Waals surface area contributed by atoms with Crippen LogP contribution in [0.15, 0.2) is 46.4 Å². The van der Waals surface area contributed by atoms with Crippen molar-refractivity contribution in [3.63, 3.8) is 0 Å². The number of hydrogen-bond donors (Lipinski definition) is 3. The van der Waals surface area contributed by atoms with Crippen molar-refractivity contribution in [3.05, 3.63) is 56.6 Å². The minimum atomic E-state index is -0.605. The molecule has 0 aliphatic heterocycles. The maximum atomic E-state index is 11.1. The minimum Gasteiger partial charge on any atom is -0.455 e. The molecule has 0 heterocycles. The quantitative estimate of drug-likeness (QED) is 0.319. The Morgan fingerprint density at radius 1 is 1.12 bits per heavy atom. The summed E-state index contributed by atoms with van der Waals surface area (Å²) in [6.07, 6.45) is 0. The first-order valence-electron chi connectivity index (χ1n) is 6.61. The molecule has 0 radical (unpaired) electrons. The monoisotopic (exact) mass is 382 g/mol. The molecular weight excluding hydrogens is 371 g/mol. The summed E-state index contributed by atoms with van der Waals surface area (Å²) < 4.78 is 5.57. The molecule has 0 saturated heterocycles. The van der Waals surface area contributed by atoms with Gasteiger partial charge < -0.3 is 21.9 Å². The summed E-state index contributed by atoms with van der Waals surface area (Å²) in [6, 6.07) is 8.38. The maximum absolute atomic E-state index is 11.1. The number of nitrogens with two attached hydrogens (primary N) is 3. The zero-order valence-corrected chi connectivity index (χ0v) is 14.0. The minimum absolute atomic E-state index is 0.120. The zero-order chi connectivity index (χ0) is 18.6. The van der Waals surface area contributed by atoms with Crippen LogP contribution in [0.1, 0.15) is 0 Å². The number of nitrogens with zero attached hydrogens (tertiary/aromatic N) is 3. The SMILES string of the molecule is NC(N)=NC(N)=Nc1cc(Oc2ccc(Cl)cc2Cl)cc([N+](=O)[O-])c1. The first-order chi connectivity index (χ1) is 11.7. The zero-order valence-electron chi connectivity index (χ0n) is 12.5. The second-order valence-corrected chi connectivity index (χ2v) is 5.47. The number of ether oxygens (including phenoxy) is 1. The standard InChI is InChI=1S/C14H12Cl2N6O3/c15-7-1-2-12(11(16)3-7)25-10-5-8(4-9(6-10)22(23)24)20-14(19)21-13(17)18/h1-6H,(H6,17,18,19,20,21). The third-order valence-electron chi connectivity index (χ3n) is 2.70. The Morgan fingerprint density at radius 2 is 1.84 bits per heavy atom. The van der Waals surface area contributed by atoms with E-state index >= 15 is 0 Å². The van der Waals surface area contributed by atoms with Crippen LogP contribution < -0.4 is 21.9 Å². The Bertz CT molecular complexity index is 881. The number of guanidine groups is 2. The molecule has 11 heteroatoms. The van der Waals surface area contributed by atoms with Gasteiger partial charge in [0.1, 0.15) is 11.5 Å². The summed E-state index contributed by atoms with van der Waals surface area (Å²) in [6.45, 7) is 0. The highest BCUT2D eigenvalue weighted by Crippen LogP contribution is 2.35. The Labute approximate surface area is 151 Å². The first kappa shape index (κ1) is 18.3. The van der Waals surface area contributed by atoms with Crippen LogP contribution in [0.25, 0.3) is 0 Å². The normalized spacial score (nSPS) is 11.0. The van der Waals surface area contributed by atoms with Crippen LogP contribution in [0, 0.1) is 10.1 Å². The van der Waals surface area contributed by atoms with E-state index in [1.807, 2.05) is 0 Å². The van der Waals surface area contributed by atoms with Gasteiger partial charge in [-0.25, -0.2) is 4.99 Å². The van der Waals surface area contributed by atoms with Gasteiger partial charge in [-0.1, -0.05) is 23.2 Å². The van der Waals surface area contributed by atoms with Crippen LogP contribution in [0.4, 0.5) is 11.4 Å². The lowest BCUT2D eigenvalue weighted by Crippen LogP contribution is -2.26. The number of nitro benzene ring substituents is 1. The first-order valence-corrected chi connectivity index (χ1v) is 7.36. The average molecular weight is 383 g/mol. The van der Waals surface area contributed by atoms with Gasteiger partial charge in [-0.2, -0.15) is 4.99 Å². The third kappa shape index (κ3) is 5.23. The fraction of sp³-hybridized carbons (Fsp3) is 0. The molecule has 0 fully saturated rings. The molecule has 0 unspecified atom stereocenters. The van der Waals surface area contributed by atoms with Gasteiger partial charge in [0.05, 0.1) is 21.7 Å². The fourth-order valence-electron chi connectivity index (χ4n) is 1.77. The van der Waals surface area contributed by atoms with E-state index in [2.05, 4.69) is 9.98 Å². The molecule has 2 aromatic carbocycles. The lowest BCUT2D eigenvalue weighted by atomic mass is 10.2. The number of aliphatic imine (C=N–C) groups is 2. The highest BCUT2D eigenvalue weighted by atomic mass is 35.5. The molecule has 9 nitrogen and oxygen atoms in total. The molecule has 2 aromatic rings. The van der Waals surface area contributed by atoms with Crippen LogP contribution in [0.5, 0.6) is 11.5 Å². The van der Waals surface area contributed by atoms with Crippen molar-refractivity contribution in [1.29, 1.82) is 0 Å². The molecule has 0 aromatic heterocycles. The molecule has 0 saturated carbocycles. The summed E-state index contributed by atoms with van der Waals surface area (Å²) in [5.41, 5.74) is 15.8. The topological polar surface area (TPSA) is 155 Å². The highest BCUT2D eigenvalue weighted by molar-refractivity contribution is 6.35. The van der Waals surface area contributed by atoms with Gasteiger partial charge in [0, 0.05) is 17.2 Å². The van der Waals surface area contributed by atoms with Crippen molar-refractivity contribution >= 4 is 46.5 Å². The number of rotatable bonds is 4. The lowest BCUT2D eigenvalue weighted by Gasteiger charge is -2.08. The van der Waals surface area contributed by atoms with Crippen molar-refractivity contribution in [2.45, 2.75) is 0 Å². The third-order valence-corrected chi connectivity index (χ3v) is 3.23. The van der Waals surface area contributed by atoms with E-state index in [9.17, 15) is 10.1 Å². The van der Waals surface area contributed by atoms with Gasteiger partial charge in [0.25, 0.3) is 5.69 Å². The largest absolute Gasteiger partial charge is 0.455 e. The van der Waals surface area contributed by atoms with Gasteiger partial charge in [-0.15, -0.1) is 0 Å². The second kappa shape index (κ2) is 7.69. The van der Waals surface area contributed by atoms with E-state index < -0.39 is 4.92 Å². The summed E-state index contributed by atoms with van der Waals surface area (Å²) in [5.74, 6) is -0.180. The van der Waals surface area contributed by atoms with Crippen molar-refractivity contribution in [2.75, 3.05) is 0 Å². The van der Waals surface area contributed by atoms with E-state index in [-0.39, 0.29) is 39.8 Å². The molecule has 0 spiro atoms. The molecule has 2 rings (SSSR count). The maximum Gasteiger partial charge on any atom is 0.275 e. The Kier molecular flexibility index (Phi) is 5.63. The highest BCUT2D eigenvalue weighted by Gasteiger charge is 2.13. The molecule has 0 aliphatic carbocycles. The number of hydrogen-bond acceptors (Lipinski definition) is 4. The number of nitro groups is 1. The van der Waals surface area contributed by atoms with Gasteiger partial charge in [-0.3, -0.25) is 10.1 Å². The van der Waals surface area contributed by atoms with Crippen molar-refractivity contribution in [1.82, 2.24) is 0 Å². The Balaban J connectivity index is 2.44. The molecule has 0 atom stereocenters. The van der Waals surface area contributed by atoms with Crippen molar-refractivity contribution in [2.24, 2.45) is 27.2 Å². The predicted molar refractivity (Wildman–Crippen MR) is 96.7 cm³/mol. The Hall–Kier alpha value is -3.04. The van der Waals surface area contributed by atoms with Crippen molar-refractivity contribution in [3.8, 4) is 11.5 Å². The van der Waals surface area contributed by atoms with Crippen LogP contribution in [-0.4, -0.2) is 16.8 Å². The van der Waals surface area contributed by atoms with E-state index in [0.29, 0.717) is 5.02 Å². The number of halogens is 2. The number of non-ortho nitro benzene ring substituents is 1. The van der Waals surface area contributed by atoms with Crippen LogP contribution >= 0.6 is 23.2 Å². The van der Waals surface area contributed by atoms with E-state index in [1.54, 1.807) is 6.07 Å². The van der Waals surface area contributed by atoms with E-state index in [1.165, 1.54) is 30.3 Å². The second-order valence-electron chi connectivity index (χ2n) is 4.63. The van der Waals surface area contributed by atoms with Gasteiger partial charge >= 0.3 is 0 Å². The van der Waals surface area contributed by atoms with Crippen LogP contribution in [0.2, 0.25) is 10.0 Å². The molecule has 25 heavy (non-hydrogen) atoms. The molecule has 0 aliphatic rings. The number of benzene rings is 2. The van der Waals surface area contributed by atoms with Crippen molar-refractivity contribution < 1.29 is 9.66 Å². The molecule has 6 N–H and O–H groups in total. The van der Waals surface area contributed by atoms with Crippen LogP contribution in [-0.2, 0) is 0 Å². The Morgan fingerprint density at radius 3 is 2.44 bits per heavy atom. The average Bonchev–Trinajstić information content (AvgIpc) is 2.49. The molecule has 0 bridgehead atoms. The van der Waals surface area contributed by atoms with Crippen LogP contribution in [0.3, 0.4) is 0 Å². The summed E-state index contributed by atoms with van der Waals surface area (Å²) in [7, 11) is 0. The van der Waals surface area contributed by atoms with Gasteiger partial charge in [0.2, 0.25) is 5.96 Å². The summed E-state index contributed by atoms with van der Waals surface area (Å²) >= 11 is 11.8. The predicted octanol–water partition coefficient (Wildman–Crippen LogP) is 2.91. The molecular formula is C14H12Cl2N6O3. The van der Waals surface area contributed by atoms with E-state index in [0.717, 1.165) is 0 Å².